The summed E-state index contributed by atoms with van der Waals surface area (Å²) >= 11 is 11.7. The van der Waals surface area contributed by atoms with Gasteiger partial charge in [0.2, 0.25) is 5.91 Å². The highest BCUT2D eigenvalue weighted by Crippen LogP contribution is 2.23. The van der Waals surface area contributed by atoms with Crippen molar-refractivity contribution in [3.63, 3.8) is 0 Å². The van der Waals surface area contributed by atoms with Crippen LogP contribution in [-0.2, 0) is 4.79 Å². The number of hydrogen-bond donors (Lipinski definition) is 1. The average Bonchev–Trinajstić information content (AvgIpc) is 2.60. The smallest absolute Gasteiger partial charge is 0.323 e. The molecule has 1 N–H and O–H groups in total. The molecule has 1 fully saturated rings. The first kappa shape index (κ1) is 19.8. The molecule has 0 atom stereocenters. The largest absolute Gasteiger partial charge is 0.342 e. The summed E-state index contributed by atoms with van der Waals surface area (Å²) < 4.78 is 0. The average molecular weight is 388 g/mol. The molecule has 138 valence electrons. The van der Waals surface area contributed by atoms with Crippen LogP contribution in [0.1, 0.15) is 13.8 Å². The van der Waals surface area contributed by atoms with E-state index in [0.29, 0.717) is 61.7 Å². The fraction of sp³-hybridized carbons (Fsp3) is 0.562. The standard InChI is InChI=1S/C16H23Cl2N5O2/c1-3-22(4-2)15(24)11-21-5-7-23(8-6-21)16(25)20-14-9-12(17)13(18)10-19-14/h9-10H,3-8,11H2,1-2H3,(H,19,20,25). The number of aromatic nitrogens is 1. The van der Waals surface area contributed by atoms with E-state index in [4.69, 9.17) is 23.2 Å². The van der Waals surface area contributed by atoms with Gasteiger partial charge in [0.25, 0.3) is 0 Å². The Morgan fingerprint density at radius 1 is 1.16 bits per heavy atom. The van der Waals surface area contributed by atoms with Crippen molar-refractivity contribution in [3.8, 4) is 0 Å². The van der Waals surface area contributed by atoms with Crippen molar-refractivity contribution < 1.29 is 9.59 Å². The van der Waals surface area contributed by atoms with Crippen molar-refractivity contribution in [2.75, 3.05) is 51.1 Å². The number of amides is 3. The van der Waals surface area contributed by atoms with E-state index in [0.717, 1.165) is 0 Å². The summed E-state index contributed by atoms with van der Waals surface area (Å²) in [6, 6.07) is 1.28. The summed E-state index contributed by atoms with van der Waals surface area (Å²) in [5, 5.41) is 3.39. The summed E-state index contributed by atoms with van der Waals surface area (Å²) in [7, 11) is 0. The number of urea groups is 1. The van der Waals surface area contributed by atoms with Crippen LogP contribution in [0.4, 0.5) is 10.6 Å². The second-order valence-corrected chi connectivity index (χ2v) is 6.56. The molecule has 2 rings (SSSR count). The molecule has 0 radical (unpaired) electrons. The van der Waals surface area contributed by atoms with Crippen LogP contribution in [0.2, 0.25) is 10.0 Å². The number of anilines is 1. The third-order valence-corrected chi connectivity index (χ3v) is 4.89. The van der Waals surface area contributed by atoms with Gasteiger partial charge in [-0.05, 0) is 13.8 Å². The van der Waals surface area contributed by atoms with Gasteiger partial charge >= 0.3 is 6.03 Å². The minimum atomic E-state index is -0.236. The fourth-order valence-electron chi connectivity index (χ4n) is 2.65. The highest BCUT2D eigenvalue weighted by Gasteiger charge is 2.23. The van der Waals surface area contributed by atoms with E-state index in [9.17, 15) is 9.59 Å². The van der Waals surface area contributed by atoms with Crippen LogP contribution in [0.25, 0.3) is 0 Å². The number of carbonyl (C=O) groups excluding carboxylic acids is 2. The minimum absolute atomic E-state index is 0.128. The van der Waals surface area contributed by atoms with Crippen LogP contribution in [0.5, 0.6) is 0 Å². The zero-order valence-electron chi connectivity index (χ0n) is 14.5. The van der Waals surface area contributed by atoms with Gasteiger partial charge in [0.15, 0.2) is 0 Å². The third kappa shape index (κ3) is 5.45. The van der Waals surface area contributed by atoms with Gasteiger partial charge in [-0.1, -0.05) is 23.2 Å². The van der Waals surface area contributed by atoms with Gasteiger partial charge in [0.05, 0.1) is 16.6 Å². The molecular formula is C16H23Cl2N5O2. The summed E-state index contributed by atoms with van der Waals surface area (Å²) in [6.07, 6.45) is 1.40. The van der Waals surface area contributed by atoms with E-state index in [1.54, 1.807) is 4.90 Å². The van der Waals surface area contributed by atoms with Gasteiger partial charge in [0.1, 0.15) is 5.82 Å². The van der Waals surface area contributed by atoms with Crippen LogP contribution in [0.15, 0.2) is 12.3 Å². The molecule has 0 saturated carbocycles. The monoisotopic (exact) mass is 387 g/mol. The Bertz CT molecular complexity index is 617. The van der Waals surface area contributed by atoms with Crippen LogP contribution >= 0.6 is 23.2 Å². The number of pyridine rings is 1. The molecule has 0 aliphatic carbocycles. The van der Waals surface area contributed by atoms with E-state index < -0.39 is 0 Å². The van der Waals surface area contributed by atoms with E-state index in [2.05, 4.69) is 15.2 Å². The summed E-state index contributed by atoms with van der Waals surface area (Å²) in [6.45, 7) is 8.21. The predicted molar refractivity (Wildman–Crippen MR) is 99.2 cm³/mol. The normalized spacial score (nSPS) is 15.1. The summed E-state index contributed by atoms with van der Waals surface area (Å²) in [5.41, 5.74) is 0. The maximum Gasteiger partial charge on any atom is 0.323 e. The summed E-state index contributed by atoms with van der Waals surface area (Å²) in [5.74, 6) is 0.487. The minimum Gasteiger partial charge on any atom is -0.342 e. The van der Waals surface area contributed by atoms with Crippen LogP contribution in [-0.4, -0.2) is 77.4 Å². The Balaban J connectivity index is 1.82. The Labute approximate surface area is 157 Å². The number of rotatable bonds is 5. The van der Waals surface area contributed by atoms with E-state index in [1.165, 1.54) is 12.3 Å². The molecule has 2 heterocycles. The first-order chi connectivity index (χ1) is 11.9. The molecule has 3 amide bonds. The molecule has 1 saturated heterocycles. The molecule has 9 heteroatoms. The molecule has 1 aromatic rings. The molecule has 1 aliphatic rings. The molecule has 25 heavy (non-hydrogen) atoms. The van der Waals surface area contributed by atoms with Gasteiger partial charge in [-0.2, -0.15) is 0 Å². The van der Waals surface area contributed by atoms with Gasteiger partial charge < -0.3 is 9.80 Å². The Hall–Kier alpha value is -1.57. The number of carbonyl (C=O) groups is 2. The van der Waals surface area contributed by atoms with Crippen LogP contribution in [0, 0.1) is 0 Å². The second-order valence-electron chi connectivity index (χ2n) is 5.74. The molecular weight excluding hydrogens is 365 g/mol. The van der Waals surface area contributed by atoms with Crippen molar-refractivity contribution in [1.82, 2.24) is 19.7 Å². The molecule has 0 spiro atoms. The van der Waals surface area contributed by atoms with Crippen molar-refractivity contribution >= 4 is 41.0 Å². The van der Waals surface area contributed by atoms with Gasteiger partial charge in [0, 0.05) is 51.5 Å². The Morgan fingerprint density at radius 2 is 1.80 bits per heavy atom. The van der Waals surface area contributed by atoms with Crippen molar-refractivity contribution in [1.29, 1.82) is 0 Å². The second kappa shape index (κ2) is 9.22. The van der Waals surface area contributed by atoms with Crippen molar-refractivity contribution in [3.05, 3.63) is 22.3 Å². The lowest BCUT2D eigenvalue weighted by atomic mass is 10.3. The molecule has 0 bridgehead atoms. The number of halogens is 2. The molecule has 1 aromatic heterocycles. The number of likely N-dealkylation sites (N-methyl/N-ethyl adjacent to an activating group) is 1. The molecule has 0 unspecified atom stereocenters. The maximum absolute atomic E-state index is 12.3. The first-order valence-electron chi connectivity index (χ1n) is 8.31. The predicted octanol–water partition coefficient (Wildman–Crippen LogP) is 2.41. The topological polar surface area (TPSA) is 68.8 Å². The number of hydrogen-bond acceptors (Lipinski definition) is 4. The lowest BCUT2D eigenvalue weighted by molar-refractivity contribution is -0.132. The highest BCUT2D eigenvalue weighted by molar-refractivity contribution is 6.42. The lowest BCUT2D eigenvalue weighted by Gasteiger charge is -2.35. The van der Waals surface area contributed by atoms with Crippen molar-refractivity contribution in [2.24, 2.45) is 0 Å². The molecule has 0 aromatic carbocycles. The molecule has 7 nitrogen and oxygen atoms in total. The van der Waals surface area contributed by atoms with Gasteiger partial charge in [-0.3, -0.25) is 15.0 Å². The van der Waals surface area contributed by atoms with Gasteiger partial charge in [-0.25, -0.2) is 9.78 Å². The molecule has 1 aliphatic heterocycles. The van der Waals surface area contributed by atoms with Gasteiger partial charge in [-0.15, -0.1) is 0 Å². The highest BCUT2D eigenvalue weighted by atomic mass is 35.5. The maximum atomic E-state index is 12.3. The number of nitrogens with one attached hydrogen (secondary N) is 1. The van der Waals surface area contributed by atoms with Crippen molar-refractivity contribution in [2.45, 2.75) is 13.8 Å². The van der Waals surface area contributed by atoms with E-state index in [-0.39, 0.29) is 11.9 Å². The third-order valence-electron chi connectivity index (χ3n) is 4.18. The SMILES string of the molecule is CCN(CC)C(=O)CN1CCN(C(=O)Nc2cc(Cl)c(Cl)cn2)CC1. The lowest BCUT2D eigenvalue weighted by Crippen LogP contribution is -2.52. The van der Waals surface area contributed by atoms with E-state index >= 15 is 0 Å². The zero-order chi connectivity index (χ0) is 18.4. The summed E-state index contributed by atoms with van der Waals surface area (Å²) in [4.78, 5) is 34.1. The quantitative estimate of drug-likeness (QED) is 0.841. The number of nitrogens with zero attached hydrogens (tertiary/aromatic N) is 4. The first-order valence-corrected chi connectivity index (χ1v) is 9.07. The Morgan fingerprint density at radius 3 is 2.36 bits per heavy atom. The van der Waals surface area contributed by atoms with E-state index in [1.807, 2.05) is 18.7 Å². The zero-order valence-corrected chi connectivity index (χ0v) is 16.0. The Kier molecular flexibility index (Phi) is 7.28. The van der Waals surface area contributed by atoms with Crippen LogP contribution in [0.3, 0.4) is 0 Å². The number of piperazine rings is 1. The fourth-order valence-corrected chi connectivity index (χ4v) is 2.90. The van der Waals surface area contributed by atoms with Crippen LogP contribution < -0.4 is 5.32 Å².